The molecule has 3 nitrogen and oxygen atoms in total. The number of rotatable bonds is 7. The molecular weight excluding hydrogens is 234 g/mol. The molecule has 0 spiro atoms. The second-order valence-electron chi connectivity index (χ2n) is 4.52. The lowest BCUT2D eigenvalue weighted by atomic mass is 10.1. The molecule has 0 aliphatic carbocycles. The van der Waals surface area contributed by atoms with Gasteiger partial charge in [0.15, 0.2) is 0 Å². The molecule has 0 bridgehead atoms. The highest BCUT2D eigenvalue weighted by Gasteiger charge is 2.18. The average Bonchev–Trinajstić information content (AvgIpc) is 2.63. The molecule has 2 unspecified atom stereocenters. The SMILES string of the molecule is Cc1ccc(C(OCCOC(C)C)C(C)N)s1. The maximum Gasteiger partial charge on any atom is 0.106 e. The number of aryl methyl sites for hydroxylation is 1. The molecule has 0 aromatic carbocycles. The van der Waals surface area contributed by atoms with Gasteiger partial charge in [-0.05, 0) is 39.8 Å². The van der Waals surface area contributed by atoms with E-state index in [9.17, 15) is 0 Å². The zero-order valence-electron chi connectivity index (χ0n) is 11.1. The topological polar surface area (TPSA) is 44.5 Å². The predicted octanol–water partition coefficient (Wildman–Crippen LogP) is 2.89. The summed E-state index contributed by atoms with van der Waals surface area (Å²) in [5.41, 5.74) is 5.96. The van der Waals surface area contributed by atoms with Crippen LogP contribution < -0.4 is 5.73 Å². The van der Waals surface area contributed by atoms with Gasteiger partial charge in [-0.3, -0.25) is 0 Å². The summed E-state index contributed by atoms with van der Waals surface area (Å²) in [6.45, 7) is 9.31. The maximum atomic E-state index is 5.96. The fraction of sp³-hybridized carbons (Fsp3) is 0.692. The third-order valence-electron chi connectivity index (χ3n) is 2.35. The van der Waals surface area contributed by atoms with Gasteiger partial charge in [-0.1, -0.05) is 0 Å². The largest absolute Gasteiger partial charge is 0.376 e. The van der Waals surface area contributed by atoms with Crippen molar-refractivity contribution in [2.45, 2.75) is 45.9 Å². The molecule has 1 heterocycles. The van der Waals surface area contributed by atoms with E-state index >= 15 is 0 Å². The van der Waals surface area contributed by atoms with Gasteiger partial charge in [0.2, 0.25) is 0 Å². The predicted molar refractivity (Wildman–Crippen MR) is 72.5 cm³/mol. The van der Waals surface area contributed by atoms with E-state index in [1.807, 2.05) is 20.8 Å². The Labute approximate surface area is 108 Å². The lowest BCUT2D eigenvalue weighted by molar-refractivity contribution is -0.0188. The van der Waals surface area contributed by atoms with Crippen LogP contribution in [0.2, 0.25) is 0 Å². The Morgan fingerprint density at radius 3 is 2.29 bits per heavy atom. The van der Waals surface area contributed by atoms with Crippen LogP contribution in [0.4, 0.5) is 0 Å². The second-order valence-corrected chi connectivity index (χ2v) is 5.84. The van der Waals surface area contributed by atoms with Crippen molar-refractivity contribution in [2.24, 2.45) is 5.73 Å². The van der Waals surface area contributed by atoms with E-state index in [1.54, 1.807) is 11.3 Å². The number of nitrogens with two attached hydrogens (primary N) is 1. The van der Waals surface area contributed by atoms with E-state index in [1.165, 1.54) is 9.75 Å². The fourth-order valence-electron chi connectivity index (χ4n) is 1.56. The molecule has 1 rings (SSSR count). The highest BCUT2D eigenvalue weighted by molar-refractivity contribution is 7.12. The Kier molecular flexibility index (Phi) is 6.12. The number of ether oxygens (including phenoxy) is 2. The zero-order valence-corrected chi connectivity index (χ0v) is 11.9. The molecule has 0 saturated carbocycles. The molecule has 2 atom stereocenters. The third-order valence-corrected chi connectivity index (χ3v) is 3.41. The minimum Gasteiger partial charge on any atom is -0.376 e. The van der Waals surface area contributed by atoms with E-state index in [0.29, 0.717) is 13.2 Å². The third kappa shape index (κ3) is 5.17. The van der Waals surface area contributed by atoms with Gasteiger partial charge in [0.25, 0.3) is 0 Å². The smallest absolute Gasteiger partial charge is 0.106 e. The monoisotopic (exact) mass is 257 g/mol. The molecule has 1 aromatic rings. The summed E-state index contributed by atoms with van der Waals surface area (Å²) >= 11 is 1.74. The molecule has 0 aliphatic rings. The number of hydrogen-bond donors (Lipinski definition) is 1. The molecule has 4 heteroatoms. The summed E-state index contributed by atoms with van der Waals surface area (Å²) in [5.74, 6) is 0. The highest BCUT2D eigenvalue weighted by atomic mass is 32.1. The molecule has 0 saturated heterocycles. The first-order valence-corrected chi connectivity index (χ1v) is 6.87. The van der Waals surface area contributed by atoms with Crippen LogP contribution in [-0.2, 0) is 9.47 Å². The first kappa shape index (κ1) is 14.6. The molecule has 0 aliphatic heterocycles. The standard InChI is InChI=1S/C13H23NO2S/c1-9(2)15-7-8-16-13(11(4)14)12-6-5-10(3)17-12/h5-6,9,11,13H,7-8,14H2,1-4H3. The van der Waals surface area contributed by atoms with Gasteiger partial charge in [-0.2, -0.15) is 0 Å². The van der Waals surface area contributed by atoms with Crippen LogP contribution >= 0.6 is 11.3 Å². The summed E-state index contributed by atoms with van der Waals surface area (Å²) in [6, 6.07) is 4.19. The van der Waals surface area contributed by atoms with Crippen LogP contribution in [0.25, 0.3) is 0 Å². The van der Waals surface area contributed by atoms with Crippen LogP contribution in [0.15, 0.2) is 12.1 Å². The Balaban J connectivity index is 2.44. The average molecular weight is 257 g/mol. The Hall–Kier alpha value is -0.420. The van der Waals surface area contributed by atoms with Gasteiger partial charge >= 0.3 is 0 Å². The molecule has 0 amide bonds. The van der Waals surface area contributed by atoms with Crippen molar-refractivity contribution in [1.82, 2.24) is 0 Å². The first-order valence-electron chi connectivity index (χ1n) is 6.06. The molecule has 0 fully saturated rings. The molecule has 98 valence electrons. The normalized spacial score (nSPS) is 15.2. The highest BCUT2D eigenvalue weighted by Crippen LogP contribution is 2.27. The van der Waals surface area contributed by atoms with Gasteiger partial charge in [0.1, 0.15) is 6.10 Å². The van der Waals surface area contributed by atoms with Gasteiger partial charge in [-0.15, -0.1) is 11.3 Å². The summed E-state index contributed by atoms with van der Waals surface area (Å²) in [7, 11) is 0. The molecule has 1 aromatic heterocycles. The Morgan fingerprint density at radius 1 is 1.18 bits per heavy atom. The first-order chi connectivity index (χ1) is 8.00. The van der Waals surface area contributed by atoms with Crippen molar-refractivity contribution in [3.8, 4) is 0 Å². The van der Waals surface area contributed by atoms with E-state index in [2.05, 4.69) is 19.1 Å². The van der Waals surface area contributed by atoms with E-state index in [0.717, 1.165) is 0 Å². The summed E-state index contributed by atoms with van der Waals surface area (Å²) in [4.78, 5) is 2.48. The van der Waals surface area contributed by atoms with E-state index in [4.69, 9.17) is 15.2 Å². The Bertz CT molecular complexity index is 323. The van der Waals surface area contributed by atoms with Crippen molar-refractivity contribution in [1.29, 1.82) is 0 Å². The summed E-state index contributed by atoms with van der Waals surface area (Å²) in [6.07, 6.45) is 0.223. The van der Waals surface area contributed by atoms with E-state index < -0.39 is 0 Å². The molecule has 2 N–H and O–H groups in total. The van der Waals surface area contributed by atoms with Crippen molar-refractivity contribution in [3.63, 3.8) is 0 Å². The lowest BCUT2D eigenvalue weighted by Gasteiger charge is -2.20. The van der Waals surface area contributed by atoms with Crippen LogP contribution in [0.5, 0.6) is 0 Å². The van der Waals surface area contributed by atoms with E-state index in [-0.39, 0.29) is 18.2 Å². The zero-order chi connectivity index (χ0) is 12.8. The van der Waals surface area contributed by atoms with Gasteiger partial charge in [-0.25, -0.2) is 0 Å². The molecular formula is C13H23NO2S. The van der Waals surface area contributed by atoms with Crippen LogP contribution in [-0.4, -0.2) is 25.4 Å². The quantitative estimate of drug-likeness (QED) is 0.764. The number of thiophene rings is 1. The van der Waals surface area contributed by atoms with Crippen LogP contribution in [0.3, 0.4) is 0 Å². The van der Waals surface area contributed by atoms with Gasteiger partial charge in [0.05, 0.1) is 19.3 Å². The van der Waals surface area contributed by atoms with Crippen LogP contribution in [0.1, 0.15) is 36.6 Å². The van der Waals surface area contributed by atoms with Crippen molar-refractivity contribution in [2.75, 3.05) is 13.2 Å². The fourth-order valence-corrected chi connectivity index (χ4v) is 2.60. The summed E-state index contributed by atoms with van der Waals surface area (Å²) in [5, 5.41) is 0. The molecule has 0 radical (unpaired) electrons. The Morgan fingerprint density at radius 2 is 1.82 bits per heavy atom. The maximum absolute atomic E-state index is 5.96. The molecule has 17 heavy (non-hydrogen) atoms. The van der Waals surface area contributed by atoms with Crippen molar-refractivity contribution in [3.05, 3.63) is 21.9 Å². The van der Waals surface area contributed by atoms with Gasteiger partial charge in [0, 0.05) is 15.8 Å². The minimum atomic E-state index is -0.0236. The van der Waals surface area contributed by atoms with Crippen LogP contribution in [0, 0.1) is 6.92 Å². The lowest BCUT2D eigenvalue weighted by Crippen LogP contribution is -2.27. The van der Waals surface area contributed by atoms with Gasteiger partial charge < -0.3 is 15.2 Å². The minimum absolute atomic E-state index is 0.00731. The second kappa shape index (κ2) is 7.11. The van der Waals surface area contributed by atoms with Crippen molar-refractivity contribution < 1.29 is 9.47 Å². The number of hydrogen-bond acceptors (Lipinski definition) is 4. The summed E-state index contributed by atoms with van der Waals surface area (Å²) < 4.78 is 11.3. The van der Waals surface area contributed by atoms with Crippen molar-refractivity contribution >= 4 is 11.3 Å².